The summed E-state index contributed by atoms with van der Waals surface area (Å²) in [6.07, 6.45) is -5.18. The van der Waals surface area contributed by atoms with Gasteiger partial charge in [0.1, 0.15) is 17.1 Å². The average molecular weight is 505 g/mol. The van der Waals surface area contributed by atoms with Crippen LogP contribution in [0.3, 0.4) is 0 Å². The maximum absolute atomic E-state index is 14.5. The van der Waals surface area contributed by atoms with Gasteiger partial charge in [-0.25, -0.2) is 13.8 Å². The second-order valence-electron chi connectivity index (χ2n) is 6.36. The standard InChI is InChI=1S/C20H14BrF5N2O3/c1-2-12(30-13-8-7-11(22)14(15(13)23)18(27)29)19-28-16(17(21)31-19)9-3-5-10(6-4-9)20(24,25)26/h3-8,12H,2H2,1H3,(H2,27,29). The number of hydrogen-bond acceptors (Lipinski definition) is 4. The quantitative estimate of drug-likeness (QED) is 0.415. The fraction of sp³-hybridized carbons (Fsp3) is 0.200. The summed E-state index contributed by atoms with van der Waals surface area (Å²) >= 11 is 3.16. The number of primary amides is 1. The molecular formula is C20H14BrF5N2O3. The first-order valence-corrected chi connectivity index (χ1v) is 9.60. The molecule has 3 rings (SSSR count). The van der Waals surface area contributed by atoms with E-state index in [4.69, 9.17) is 14.9 Å². The van der Waals surface area contributed by atoms with Gasteiger partial charge in [-0.1, -0.05) is 19.1 Å². The molecule has 0 saturated carbocycles. The number of rotatable bonds is 6. The molecule has 2 N–H and O–H groups in total. The monoisotopic (exact) mass is 504 g/mol. The summed E-state index contributed by atoms with van der Waals surface area (Å²) in [6, 6.07) is 6.11. The van der Waals surface area contributed by atoms with Crippen LogP contribution in [-0.2, 0) is 6.18 Å². The molecule has 5 nitrogen and oxygen atoms in total. The lowest BCUT2D eigenvalue weighted by atomic mass is 10.1. The van der Waals surface area contributed by atoms with E-state index in [9.17, 15) is 26.7 Å². The third kappa shape index (κ3) is 4.71. The van der Waals surface area contributed by atoms with Crippen molar-refractivity contribution in [3.8, 4) is 17.0 Å². The van der Waals surface area contributed by atoms with E-state index in [0.29, 0.717) is 5.56 Å². The van der Waals surface area contributed by atoms with E-state index < -0.39 is 46.7 Å². The number of nitrogens with zero attached hydrogens (tertiary/aromatic N) is 1. The number of carbonyl (C=O) groups excluding carboxylic acids is 1. The Bertz CT molecular complexity index is 1110. The van der Waals surface area contributed by atoms with Gasteiger partial charge in [0.15, 0.2) is 22.3 Å². The van der Waals surface area contributed by atoms with Crippen LogP contribution in [0.15, 0.2) is 45.5 Å². The highest BCUT2D eigenvalue weighted by Crippen LogP contribution is 2.36. The van der Waals surface area contributed by atoms with E-state index in [-0.39, 0.29) is 22.7 Å². The lowest BCUT2D eigenvalue weighted by Gasteiger charge is -2.16. The Morgan fingerprint density at radius 1 is 1.19 bits per heavy atom. The number of alkyl halides is 3. The van der Waals surface area contributed by atoms with Gasteiger partial charge in [-0.05, 0) is 46.6 Å². The number of nitrogens with two attached hydrogens (primary N) is 1. The molecule has 0 bridgehead atoms. The largest absolute Gasteiger partial charge is 0.478 e. The van der Waals surface area contributed by atoms with Gasteiger partial charge >= 0.3 is 6.18 Å². The van der Waals surface area contributed by atoms with E-state index in [1.54, 1.807) is 6.92 Å². The fourth-order valence-corrected chi connectivity index (χ4v) is 3.25. The highest BCUT2D eigenvalue weighted by Gasteiger charge is 2.30. The van der Waals surface area contributed by atoms with Crippen molar-refractivity contribution in [2.75, 3.05) is 0 Å². The molecule has 3 aromatic rings. The summed E-state index contributed by atoms with van der Waals surface area (Å²) < 4.78 is 77.5. The summed E-state index contributed by atoms with van der Waals surface area (Å²) in [5.41, 5.74) is 3.80. The first-order chi connectivity index (χ1) is 14.5. The smallest absolute Gasteiger partial charge is 0.416 e. The Hall–Kier alpha value is -2.95. The molecular weight excluding hydrogens is 491 g/mol. The molecule has 164 valence electrons. The van der Waals surface area contributed by atoms with Crippen LogP contribution in [0.5, 0.6) is 5.75 Å². The van der Waals surface area contributed by atoms with E-state index in [1.807, 2.05) is 0 Å². The highest BCUT2D eigenvalue weighted by molar-refractivity contribution is 9.10. The minimum absolute atomic E-state index is 0.00590. The highest BCUT2D eigenvalue weighted by atomic mass is 79.9. The molecule has 31 heavy (non-hydrogen) atoms. The SMILES string of the molecule is CCC(Oc1ccc(F)c(C(N)=O)c1F)c1nc(-c2ccc(C(F)(F)F)cc2)c(Br)o1. The lowest BCUT2D eigenvalue weighted by Crippen LogP contribution is -2.17. The van der Waals surface area contributed by atoms with Crippen LogP contribution in [0, 0.1) is 11.6 Å². The van der Waals surface area contributed by atoms with Crippen LogP contribution in [0.2, 0.25) is 0 Å². The third-order valence-electron chi connectivity index (χ3n) is 4.31. The number of amides is 1. The molecule has 2 aromatic carbocycles. The molecule has 0 radical (unpaired) electrons. The summed E-state index contributed by atoms with van der Waals surface area (Å²) in [4.78, 5) is 15.5. The van der Waals surface area contributed by atoms with Crippen molar-refractivity contribution in [2.24, 2.45) is 5.73 Å². The number of aromatic nitrogens is 1. The molecule has 1 amide bonds. The van der Waals surface area contributed by atoms with Crippen molar-refractivity contribution in [2.45, 2.75) is 25.6 Å². The zero-order valence-electron chi connectivity index (χ0n) is 15.8. The number of hydrogen-bond donors (Lipinski definition) is 1. The molecule has 0 aliphatic carbocycles. The zero-order valence-corrected chi connectivity index (χ0v) is 17.4. The second-order valence-corrected chi connectivity index (χ2v) is 7.08. The van der Waals surface area contributed by atoms with Crippen molar-refractivity contribution in [1.82, 2.24) is 4.98 Å². The minimum atomic E-state index is -4.48. The number of ether oxygens (including phenoxy) is 1. The molecule has 11 heteroatoms. The minimum Gasteiger partial charge on any atom is -0.478 e. The normalized spacial score (nSPS) is 12.6. The molecule has 1 unspecified atom stereocenters. The zero-order chi connectivity index (χ0) is 22.9. The lowest BCUT2D eigenvalue weighted by molar-refractivity contribution is -0.137. The maximum Gasteiger partial charge on any atom is 0.416 e. The van der Waals surface area contributed by atoms with Crippen molar-refractivity contribution in [3.63, 3.8) is 0 Å². The van der Waals surface area contributed by atoms with Crippen molar-refractivity contribution in [3.05, 3.63) is 69.7 Å². The predicted octanol–water partition coefficient (Wildman–Crippen LogP) is 6.03. The first-order valence-electron chi connectivity index (χ1n) is 8.81. The van der Waals surface area contributed by atoms with Crippen LogP contribution in [0.4, 0.5) is 22.0 Å². The predicted molar refractivity (Wildman–Crippen MR) is 103 cm³/mol. The summed E-state index contributed by atoms with van der Waals surface area (Å²) in [5.74, 6) is -4.13. The van der Waals surface area contributed by atoms with E-state index in [2.05, 4.69) is 20.9 Å². The maximum atomic E-state index is 14.5. The molecule has 0 saturated heterocycles. The Morgan fingerprint density at radius 3 is 2.39 bits per heavy atom. The van der Waals surface area contributed by atoms with Crippen LogP contribution in [-0.4, -0.2) is 10.9 Å². The number of oxazole rings is 1. The van der Waals surface area contributed by atoms with Crippen LogP contribution in [0.25, 0.3) is 11.3 Å². The van der Waals surface area contributed by atoms with Crippen molar-refractivity contribution in [1.29, 1.82) is 0 Å². The molecule has 1 heterocycles. The Balaban J connectivity index is 1.91. The number of carbonyl (C=O) groups is 1. The van der Waals surface area contributed by atoms with Gasteiger partial charge < -0.3 is 14.9 Å². The van der Waals surface area contributed by atoms with E-state index in [1.165, 1.54) is 12.1 Å². The van der Waals surface area contributed by atoms with E-state index >= 15 is 0 Å². The molecule has 1 aromatic heterocycles. The molecule has 0 aliphatic rings. The van der Waals surface area contributed by atoms with E-state index in [0.717, 1.165) is 24.3 Å². The topological polar surface area (TPSA) is 78.4 Å². The van der Waals surface area contributed by atoms with Gasteiger partial charge in [0.25, 0.3) is 5.91 Å². The van der Waals surface area contributed by atoms with Gasteiger partial charge in [-0.15, -0.1) is 0 Å². The van der Waals surface area contributed by atoms with Crippen molar-refractivity contribution >= 4 is 21.8 Å². The molecule has 1 atom stereocenters. The Kier molecular flexibility index (Phi) is 6.35. The second kappa shape index (κ2) is 8.66. The third-order valence-corrected chi connectivity index (χ3v) is 4.84. The summed E-state index contributed by atoms with van der Waals surface area (Å²) in [5, 5.41) is 0. The first kappa shape index (κ1) is 22.7. The van der Waals surface area contributed by atoms with Gasteiger partial charge in [-0.2, -0.15) is 13.2 Å². The fourth-order valence-electron chi connectivity index (χ4n) is 2.76. The number of benzene rings is 2. The average Bonchev–Trinajstić information content (AvgIpc) is 3.08. The molecule has 0 aliphatic heterocycles. The summed E-state index contributed by atoms with van der Waals surface area (Å²) in [7, 11) is 0. The van der Waals surface area contributed by atoms with Gasteiger partial charge in [0.2, 0.25) is 5.89 Å². The van der Waals surface area contributed by atoms with Gasteiger partial charge in [-0.3, -0.25) is 4.79 Å². The van der Waals surface area contributed by atoms with Crippen LogP contribution >= 0.6 is 15.9 Å². The summed E-state index contributed by atoms with van der Waals surface area (Å²) in [6.45, 7) is 1.68. The van der Waals surface area contributed by atoms with Gasteiger partial charge in [0.05, 0.1) is 5.56 Å². The Labute approximate surface area is 181 Å². The molecule has 0 spiro atoms. The van der Waals surface area contributed by atoms with Crippen LogP contribution in [0.1, 0.15) is 41.3 Å². The van der Waals surface area contributed by atoms with Crippen LogP contribution < -0.4 is 10.5 Å². The van der Waals surface area contributed by atoms with Gasteiger partial charge in [0, 0.05) is 5.56 Å². The van der Waals surface area contributed by atoms with Crippen molar-refractivity contribution < 1.29 is 35.9 Å². The number of halogens is 6. The Morgan fingerprint density at radius 2 is 1.84 bits per heavy atom. The molecule has 0 fully saturated rings.